The number of amides is 1. The summed E-state index contributed by atoms with van der Waals surface area (Å²) in [6.45, 7) is 0.787. The van der Waals surface area contributed by atoms with Gasteiger partial charge in [0.25, 0.3) is 5.91 Å². The molecule has 116 valence electrons. The van der Waals surface area contributed by atoms with Crippen molar-refractivity contribution in [2.75, 3.05) is 11.9 Å². The van der Waals surface area contributed by atoms with Crippen molar-refractivity contribution in [3.63, 3.8) is 0 Å². The fourth-order valence-corrected chi connectivity index (χ4v) is 2.76. The van der Waals surface area contributed by atoms with Crippen LogP contribution in [0.4, 0.5) is 5.69 Å². The van der Waals surface area contributed by atoms with E-state index in [-0.39, 0.29) is 12.0 Å². The van der Waals surface area contributed by atoms with E-state index in [0.29, 0.717) is 5.56 Å². The molecule has 0 spiro atoms. The maximum Gasteiger partial charge on any atom is 0.255 e. The van der Waals surface area contributed by atoms with Crippen molar-refractivity contribution in [1.29, 1.82) is 0 Å². The lowest BCUT2D eigenvalue weighted by Gasteiger charge is -2.04. The Morgan fingerprint density at radius 2 is 2.13 bits per heavy atom. The summed E-state index contributed by atoms with van der Waals surface area (Å²) < 4.78 is 5.65. The van der Waals surface area contributed by atoms with Crippen LogP contribution < -0.4 is 5.32 Å². The van der Waals surface area contributed by atoms with E-state index in [1.807, 2.05) is 18.2 Å². The smallest absolute Gasteiger partial charge is 0.255 e. The van der Waals surface area contributed by atoms with E-state index in [9.17, 15) is 4.79 Å². The predicted octanol–water partition coefficient (Wildman–Crippen LogP) is 3.06. The number of ether oxygens (including phenoxy) is 1. The molecule has 3 heterocycles. The molecule has 0 radical (unpaired) electrons. The number of carbonyl (C=O) groups is 1. The van der Waals surface area contributed by atoms with Crippen LogP contribution in [0.5, 0.6) is 0 Å². The van der Waals surface area contributed by atoms with Gasteiger partial charge >= 0.3 is 0 Å². The fraction of sp³-hybridized carbons (Fsp3) is 0.235. The zero-order chi connectivity index (χ0) is 15.6. The molecule has 0 unspecified atom stereocenters. The molecule has 3 aromatic rings. The van der Waals surface area contributed by atoms with Crippen LogP contribution in [0.25, 0.3) is 11.0 Å². The van der Waals surface area contributed by atoms with Gasteiger partial charge in [0.1, 0.15) is 11.9 Å². The minimum atomic E-state index is -0.161. The Labute approximate surface area is 132 Å². The fourth-order valence-electron chi connectivity index (χ4n) is 2.76. The van der Waals surface area contributed by atoms with Gasteiger partial charge in [0, 0.05) is 30.3 Å². The predicted molar refractivity (Wildman–Crippen MR) is 86.2 cm³/mol. The molecule has 1 saturated heterocycles. The highest BCUT2D eigenvalue weighted by atomic mass is 16.5. The van der Waals surface area contributed by atoms with Crippen LogP contribution in [0, 0.1) is 0 Å². The van der Waals surface area contributed by atoms with Crippen LogP contribution in [0.15, 0.2) is 42.7 Å². The van der Waals surface area contributed by atoms with Crippen molar-refractivity contribution in [2.45, 2.75) is 18.9 Å². The Hall–Kier alpha value is -2.73. The molecular formula is C17H16N4O2. The SMILES string of the molecule is O=C(Nc1ccc2nc([C@H]3CCCO3)[nH]c2c1)c1ccncc1. The number of rotatable bonds is 3. The number of pyridine rings is 1. The molecule has 1 aliphatic rings. The number of fused-ring (bicyclic) bond motifs is 1. The van der Waals surface area contributed by atoms with Crippen LogP contribution in [-0.4, -0.2) is 27.5 Å². The highest BCUT2D eigenvalue weighted by Crippen LogP contribution is 2.28. The Bertz CT molecular complexity index is 838. The van der Waals surface area contributed by atoms with Gasteiger partial charge in [-0.05, 0) is 43.2 Å². The summed E-state index contributed by atoms with van der Waals surface area (Å²) in [5, 5.41) is 2.88. The van der Waals surface area contributed by atoms with E-state index in [4.69, 9.17) is 4.74 Å². The number of hydrogen-bond donors (Lipinski definition) is 2. The first-order chi connectivity index (χ1) is 11.3. The molecule has 2 aromatic heterocycles. The van der Waals surface area contributed by atoms with Gasteiger partial charge in [-0.15, -0.1) is 0 Å². The number of hydrogen-bond acceptors (Lipinski definition) is 4. The zero-order valence-corrected chi connectivity index (χ0v) is 12.5. The lowest BCUT2D eigenvalue weighted by atomic mass is 10.2. The lowest BCUT2D eigenvalue weighted by molar-refractivity contribution is 0.102. The van der Waals surface area contributed by atoms with Crippen LogP contribution in [0.3, 0.4) is 0 Å². The van der Waals surface area contributed by atoms with E-state index in [1.165, 1.54) is 0 Å². The molecule has 2 N–H and O–H groups in total. The van der Waals surface area contributed by atoms with E-state index in [0.717, 1.165) is 42.0 Å². The van der Waals surface area contributed by atoms with Crippen LogP contribution in [0.2, 0.25) is 0 Å². The standard InChI is InChI=1S/C17H16N4O2/c22-17(11-5-7-18-8-6-11)19-12-3-4-13-14(10-12)21-16(20-13)15-2-1-9-23-15/h3-8,10,15H,1-2,9H2,(H,19,22)(H,20,21)/t15-/m1/s1. The van der Waals surface area contributed by atoms with Crippen molar-refractivity contribution in [1.82, 2.24) is 15.0 Å². The van der Waals surface area contributed by atoms with E-state index in [1.54, 1.807) is 24.5 Å². The maximum absolute atomic E-state index is 12.2. The van der Waals surface area contributed by atoms with Gasteiger partial charge in [0.05, 0.1) is 11.0 Å². The Balaban J connectivity index is 1.57. The third-order valence-corrected chi connectivity index (χ3v) is 3.94. The molecule has 1 amide bonds. The Morgan fingerprint density at radius 1 is 1.26 bits per heavy atom. The quantitative estimate of drug-likeness (QED) is 0.779. The van der Waals surface area contributed by atoms with Crippen molar-refractivity contribution < 1.29 is 9.53 Å². The maximum atomic E-state index is 12.2. The number of H-pyrrole nitrogens is 1. The molecule has 6 heteroatoms. The number of carbonyl (C=O) groups excluding carboxylic acids is 1. The summed E-state index contributed by atoms with van der Waals surface area (Å²) in [5.41, 5.74) is 3.06. The third-order valence-electron chi connectivity index (χ3n) is 3.94. The second-order valence-electron chi connectivity index (χ2n) is 5.55. The van der Waals surface area contributed by atoms with Crippen LogP contribution in [0.1, 0.15) is 35.1 Å². The summed E-state index contributed by atoms with van der Waals surface area (Å²) in [7, 11) is 0. The van der Waals surface area contributed by atoms with Gasteiger partial charge in [0.15, 0.2) is 0 Å². The van der Waals surface area contributed by atoms with E-state index in [2.05, 4.69) is 20.3 Å². The van der Waals surface area contributed by atoms with Gasteiger partial charge in [-0.2, -0.15) is 0 Å². The zero-order valence-electron chi connectivity index (χ0n) is 12.5. The van der Waals surface area contributed by atoms with Gasteiger partial charge in [0.2, 0.25) is 0 Å². The molecule has 23 heavy (non-hydrogen) atoms. The first-order valence-corrected chi connectivity index (χ1v) is 7.62. The van der Waals surface area contributed by atoms with Crippen molar-refractivity contribution in [3.8, 4) is 0 Å². The number of aromatic nitrogens is 3. The molecule has 0 aliphatic carbocycles. The largest absolute Gasteiger partial charge is 0.370 e. The second kappa shape index (κ2) is 5.81. The molecule has 6 nitrogen and oxygen atoms in total. The van der Waals surface area contributed by atoms with Crippen molar-refractivity contribution >= 4 is 22.6 Å². The Kier molecular flexibility index (Phi) is 3.51. The summed E-state index contributed by atoms with van der Waals surface area (Å²) in [6.07, 6.45) is 5.31. The summed E-state index contributed by atoms with van der Waals surface area (Å²) in [6, 6.07) is 8.99. The monoisotopic (exact) mass is 308 g/mol. The number of aromatic amines is 1. The highest BCUT2D eigenvalue weighted by Gasteiger charge is 2.21. The molecule has 1 atom stereocenters. The molecule has 4 rings (SSSR count). The molecule has 1 aliphatic heterocycles. The third kappa shape index (κ3) is 2.80. The number of benzene rings is 1. The molecule has 1 aromatic carbocycles. The molecule has 1 fully saturated rings. The van der Waals surface area contributed by atoms with Gasteiger partial charge < -0.3 is 15.0 Å². The van der Waals surface area contributed by atoms with Gasteiger partial charge in [-0.1, -0.05) is 0 Å². The number of imidazole rings is 1. The number of nitrogens with one attached hydrogen (secondary N) is 2. The van der Waals surface area contributed by atoms with E-state index < -0.39 is 0 Å². The molecule has 0 bridgehead atoms. The van der Waals surface area contributed by atoms with Crippen molar-refractivity contribution in [2.24, 2.45) is 0 Å². The minimum Gasteiger partial charge on any atom is -0.370 e. The lowest BCUT2D eigenvalue weighted by Crippen LogP contribution is -2.11. The average molecular weight is 308 g/mol. The highest BCUT2D eigenvalue weighted by molar-refractivity contribution is 6.04. The average Bonchev–Trinajstić information content (AvgIpc) is 3.24. The first-order valence-electron chi connectivity index (χ1n) is 7.62. The summed E-state index contributed by atoms with van der Waals surface area (Å²) in [5.74, 6) is 0.695. The van der Waals surface area contributed by atoms with E-state index >= 15 is 0 Å². The summed E-state index contributed by atoms with van der Waals surface area (Å²) >= 11 is 0. The van der Waals surface area contributed by atoms with Crippen molar-refractivity contribution in [3.05, 3.63) is 54.1 Å². The van der Waals surface area contributed by atoms with Crippen LogP contribution >= 0.6 is 0 Å². The molecule has 0 saturated carbocycles. The normalized spacial score (nSPS) is 17.5. The second-order valence-corrected chi connectivity index (χ2v) is 5.55. The minimum absolute atomic E-state index is 0.0530. The Morgan fingerprint density at radius 3 is 2.91 bits per heavy atom. The van der Waals surface area contributed by atoms with Gasteiger partial charge in [-0.25, -0.2) is 4.98 Å². The topological polar surface area (TPSA) is 79.9 Å². The summed E-state index contributed by atoms with van der Waals surface area (Å²) in [4.78, 5) is 24.0. The number of nitrogens with zero attached hydrogens (tertiary/aromatic N) is 2. The van der Waals surface area contributed by atoms with Crippen LogP contribution in [-0.2, 0) is 4.74 Å². The number of anilines is 1. The first kappa shape index (κ1) is 13.9. The van der Waals surface area contributed by atoms with Gasteiger partial charge in [-0.3, -0.25) is 9.78 Å². The molecular weight excluding hydrogens is 292 g/mol.